The Balaban J connectivity index is 2.55. The van der Waals surface area contributed by atoms with Crippen molar-refractivity contribution in [3.8, 4) is 5.69 Å². The lowest BCUT2D eigenvalue weighted by molar-refractivity contribution is 0.107. The lowest BCUT2D eigenvalue weighted by Crippen LogP contribution is -2.04. The number of aryl methyl sites for hydroxylation is 1. The van der Waals surface area contributed by atoms with Crippen molar-refractivity contribution in [2.24, 2.45) is 0 Å². The zero-order valence-corrected chi connectivity index (χ0v) is 9.96. The molecule has 1 aromatic heterocycles. The lowest BCUT2D eigenvalue weighted by atomic mass is 10.3. The van der Waals surface area contributed by atoms with Gasteiger partial charge in [-0.05, 0) is 48.9 Å². The van der Waals surface area contributed by atoms with Crippen LogP contribution >= 0.6 is 23.2 Å². The number of aromatic nitrogens is 2. The number of nitrogens with zero attached hydrogens (tertiary/aromatic N) is 2. The number of hydrogen-bond donors (Lipinski definition) is 0. The predicted octanol–water partition coefficient (Wildman–Crippen LogP) is 3.21. The highest BCUT2D eigenvalue weighted by atomic mass is 35.5. The smallest absolute Gasteiger partial charge is 0.270 e. The minimum Gasteiger partial charge on any atom is -0.274 e. The Morgan fingerprint density at radius 3 is 2.50 bits per heavy atom. The summed E-state index contributed by atoms with van der Waals surface area (Å²) in [4.78, 5) is 11.2. The van der Waals surface area contributed by atoms with Gasteiger partial charge in [0.1, 0.15) is 5.69 Å². The monoisotopic (exact) mass is 254 g/mol. The third kappa shape index (κ3) is 2.10. The molecule has 3 nitrogen and oxygen atoms in total. The largest absolute Gasteiger partial charge is 0.274 e. The molecular weight excluding hydrogens is 247 g/mol. The van der Waals surface area contributed by atoms with Crippen molar-refractivity contribution >= 4 is 28.4 Å². The van der Waals surface area contributed by atoms with Crippen LogP contribution in [0, 0.1) is 6.92 Å². The van der Waals surface area contributed by atoms with Gasteiger partial charge in [-0.3, -0.25) is 4.79 Å². The molecule has 1 aromatic carbocycles. The van der Waals surface area contributed by atoms with E-state index in [1.165, 1.54) is 4.68 Å². The third-order valence-electron chi connectivity index (χ3n) is 2.10. The van der Waals surface area contributed by atoms with Crippen molar-refractivity contribution in [1.29, 1.82) is 0 Å². The van der Waals surface area contributed by atoms with Crippen LogP contribution in [-0.2, 0) is 0 Å². The van der Waals surface area contributed by atoms with Crippen LogP contribution in [0.4, 0.5) is 0 Å². The van der Waals surface area contributed by atoms with Gasteiger partial charge in [-0.1, -0.05) is 11.6 Å². The first-order valence-electron chi connectivity index (χ1n) is 4.60. The molecule has 2 rings (SSSR count). The first kappa shape index (κ1) is 11.2. The van der Waals surface area contributed by atoms with Crippen LogP contribution in [0.3, 0.4) is 0 Å². The first-order valence-corrected chi connectivity index (χ1v) is 5.36. The summed E-state index contributed by atoms with van der Waals surface area (Å²) >= 11 is 11.3. The molecule has 0 aliphatic carbocycles. The fraction of sp³-hybridized carbons (Fsp3) is 0.0909. The molecule has 82 valence electrons. The zero-order chi connectivity index (χ0) is 11.7. The summed E-state index contributed by atoms with van der Waals surface area (Å²) < 4.78 is 1.50. The molecule has 1 heterocycles. The normalized spacial score (nSPS) is 10.4. The molecule has 0 aliphatic heterocycles. The Kier molecular flexibility index (Phi) is 2.99. The van der Waals surface area contributed by atoms with Crippen molar-refractivity contribution in [2.75, 3.05) is 0 Å². The molecule has 5 heteroatoms. The number of halogens is 2. The minimum atomic E-state index is -0.532. The Bertz CT molecular complexity index is 531. The van der Waals surface area contributed by atoms with Crippen LogP contribution < -0.4 is 0 Å². The van der Waals surface area contributed by atoms with Crippen LogP contribution in [0.25, 0.3) is 5.69 Å². The highest BCUT2D eigenvalue weighted by molar-refractivity contribution is 6.67. The maximum Gasteiger partial charge on any atom is 0.270 e. The van der Waals surface area contributed by atoms with E-state index in [2.05, 4.69) is 5.10 Å². The van der Waals surface area contributed by atoms with Crippen LogP contribution in [0.5, 0.6) is 0 Å². The highest BCUT2D eigenvalue weighted by Gasteiger charge is 2.12. The molecule has 0 fully saturated rings. The van der Waals surface area contributed by atoms with Gasteiger partial charge in [0.05, 0.1) is 11.4 Å². The van der Waals surface area contributed by atoms with Crippen LogP contribution in [0.2, 0.25) is 5.02 Å². The topological polar surface area (TPSA) is 34.9 Å². The standard InChI is InChI=1S/C11H8Cl2N2O/c1-7-6-10(11(13)16)15(14-7)9-4-2-8(12)3-5-9/h2-6H,1H3. The second kappa shape index (κ2) is 4.28. The van der Waals surface area contributed by atoms with E-state index >= 15 is 0 Å². The molecule has 0 saturated carbocycles. The second-order valence-corrected chi connectivity index (χ2v) is 4.11. The molecule has 0 spiro atoms. The van der Waals surface area contributed by atoms with Gasteiger partial charge >= 0.3 is 0 Å². The molecule has 0 bridgehead atoms. The summed E-state index contributed by atoms with van der Waals surface area (Å²) in [6.07, 6.45) is 0. The molecule has 0 amide bonds. The molecule has 0 radical (unpaired) electrons. The van der Waals surface area contributed by atoms with Crippen molar-refractivity contribution in [3.63, 3.8) is 0 Å². The summed E-state index contributed by atoms with van der Waals surface area (Å²) in [5.74, 6) is 0. The Morgan fingerprint density at radius 2 is 1.94 bits per heavy atom. The highest BCUT2D eigenvalue weighted by Crippen LogP contribution is 2.17. The Morgan fingerprint density at radius 1 is 1.31 bits per heavy atom. The van der Waals surface area contributed by atoms with Crippen molar-refractivity contribution in [1.82, 2.24) is 9.78 Å². The fourth-order valence-electron chi connectivity index (χ4n) is 1.42. The molecule has 16 heavy (non-hydrogen) atoms. The van der Waals surface area contributed by atoms with E-state index in [0.717, 1.165) is 11.4 Å². The molecule has 0 unspecified atom stereocenters. The van der Waals surface area contributed by atoms with Gasteiger partial charge in [-0.2, -0.15) is 5.10 Å². The SMILES string of the molecule is Cc1cc(C(=O)Cl)n(-c2ccc(Cl)cc2)n1. The number of carbonyl (C=O) groups is 1. The van der Waals surface area contributed by atoms with E-state index in [4.69, 9.17) is 23.2 Å². The summed E-state index contributed by atoms with van der Waals surface area (Å²) in [5.41, 5.74) is 1.84. The zero-order valence-electron chi connectivity index (χ0n) is 8.45. The van der Waals surface area contributed by atoms with Gasteiger partial charge < -0.3 is 0 Å². The van der Waals surface area contributed by atoms with Gasteiger partial charge in [0, 0.05) is 5.02 Å². The van der Waals surface area contributed by atoms with Gasteiger partial charge in [0.25, 0.3) is 5.24 Å². The summed E-state index contributed by atoms with van der Waals surface area (Å²) in [6.45, 7) is 1.80. The second-order valence-electron chi connectivity index (χ2n) is 3.33. The molecule has 0 atom stereocenters. The Hall–Kier alpha value is -1.32. The molecule has 0 aliphatic rings. The van der Waals surface area contributed by atoms with Crippen LogP contribution in [-0.4, -0.2) is 15.0 Å². The summed E-state index contributed by atoms with van der Waals surface area (Å²) in [7, 11) is 0. The van der Waals surface area contributed by atoms with Gasteiger partial charge in [-0.25, -0.2) is 4.68 Å². The minimum absolute atomic E-state index is 0.349. The average Bonchev–Trinajstić information content (AvgIpc) is 2.61. The predicted molar refractivity (Wildman–Crippen MR) is 63.5 cm³/mol. The first-order chi connectivity index (χ1) is 7.58. The average molecular weight is 255 g/mol. The molecule has 0 N–H and O–H groups in total. The van der Waals surface area contributed by atoms with Gasteiger partial charge in [0.15, 0.2) is 0 Å². The fourth-order valence-corrected chi connectivity index (χ4v) is 1.68. The summed E-state index contributed by atoms with van der Waals surface area (Å²) in [6, 6.07) is 8.66. The van der Waals surface area contributed by atoms with Crippen molar-refractivity contribution in [2.45, 2.75) is 6.92 Å². The lowest BCUT2D eigenvalue weighted by Gasteiger charge is -2.03. The number of hydrogen-bond acceptors (Lipinski definition) is 2. The van der Waals surface area contributed by atoms with E-state index in [-0.39, 0.29) is 0 Å². The number of benzene rings is 1. The van der Waals surface area contributed by atoms with E-state index in [9.17, 15) is 4.79 Å². The number of carbonyl (C=O) groups excluding carboxylic acids is 1. The number of rotatable bonds is 2. The Labute approximate surface area is 103 Å². The van der Waals surface area contributed by atoms with Crippen molar-refractivity contribution < 1.29 is 4.79 Å². The van der Waals surface area contributed by atoms with Crippen LogP contribution in [0.15, 0.2) is 30.3 Å². The summed E-state index contributed by atoms with van der Waals surface area (Å²) in [5, 5.41) is 4.30. The van der Waals surface area contributed by atoms with Gasteiger partial charge in [0.2, 0.25) is 0 Å². The quantitative estimate of drug-likeness (QED) is 0.772. The molecule has 0 saturated heterocycles. The third-order valence-corrected chi connectivity index (χ3v) is 2.55. The molecular formula is C11H8Cl2N2O. The van der Waals surface area contributed by atoms with Crippen LogP contribution in [0.1, 0.15) is 16.2 Å². The maximum atomic E-state index is 11.2. The molecule has 2 aromatic rings. The van der Waals surface area contributed by atoms with E-state index in [1.54, 1.807) is 37.3 Å². The van der Waals surface area contributed by atoms with E-state index in [1.807, 2.05) is 0 Å². The van der Waals surface area contributed by atoms with Gasteiger partial charge in [-0.15, -0.1) is 0 Å². The maximum absolute atomic E-state index is 11.2. The van der Waals surface area contributed by atoms with E-state index in [0.29, 0.717) is 10.7 Å². The van der Waals surface area contributed by atoms with Crippen molar-refractivity contribution in [3.05, 3.63) is 46.7 Å². The van der Waals surface area contributed by atoms with E-state index < -0.39 is 5.24 Å².